The summed E-state index contributed by atoms with van der Waals surface area (Å²) in [6.07, 6.45) is 1.32. The maximum Gasteiger partial charge on any atom is 0.337 e. The van der Waals surface area contributed by atoms with E-state index in [1.54, 1.807) is 6.07 Å². The van der Waals surface area contributed by atoms with E-state index in [0.717, 1.165) is 22.2 Å². The maximum absolute atomic E-state index is 11.8. The number of aliphatic hydroxyl groups is 2. The molecule has 0 aliphatic heterocycles. The number of aryl methyl sites for hydroxylation is 1. The average Bonchev–Trinajstić information content (AvgIpc) is 2.77. The molecular weight excluding hydrogens is 294 g/mol. The van der Waals surface area contributed by atoms with Gasteiger partial charge in [-0.3, -0.25) is 0 Å². The van der Waals surface area contributed by atoms with Gasteiger partial charge in [-0.15, -0.1) is 0 Å². The van der Waals surface area contributed by atoms with E-state index < -0.39 is 5.97 Å². The third kappa shape index (κ3) is 3.26. The number of rotatable bonds is 7. The highest BCUT2D eigenvalue weighted by Gasteiger charge is 2.21. The summed E-state index contributed by atoms with van der Waals surface area (Å²) in [4.78, 5) is 11.8. The first-order valence-corrected chi connectivity index (χ1v) is 8.03. The normalized spacial score (nSPS) is 11.6. The van der Waals surface area contributed by atoms with Gasteiger partial charge < -0.3 is 19.9 Å². The third-order valence-electron chi connectivity index (χ3n) is 4.37. The molecule has 0 saturated carbocycles. The molecule has 0 bridgehead atoms. The second kappa shape index (κ2) is 7.15. The van der Waals surface area contributed by atoms with Crippen molar-refractivity contribution in [1.82, 2.24) is 4.57 Å². The molecule has 0 spiro atoms. The van der Waals surface area contributed by atoms with Gasteiger partial charge in [-0.05, 0) is 48.9 Å². The molecule has 2 aromatic rings. The summed E-state index contributed by atoms with van der Waals surface area (Å²) in [5, 5.41) is 29.1. The monoisotopic (exact) mass is 319 g/mol. The van der Waals surface area contributed by atoms with Crippen molar-refractivity contribution in [2.45, 2.75) is 46.1 Å². The van der Waals surface area contributed by atoms with Crippen molar-refractivity contribution in [3.8, 4) is 0 Å². The first-order chi connectivity index (χ1) is 10.9. The summed E-state index contributed by atoms with van der Waals surface area (Å²) in [6.45, 7) is 6.44. The van der Waals surface area contributed by atoms with Gasteiger partial charge in [0.05, 0.1) is 17.7 Å². The van der Waals surface area contributed by atoms with Gasteiger partial charge in [-0.25, -0.2) is 4.79 Å². The quantitative estimate of drug-likeness (QED) is 0.733. The smallest absolute Gasteiger partial charge is 0.337 e. The van der Waals surface area contributed by atoms with Gasteiger partial charge in [0.15, 0.2) is 0 Å². The molecule has 0 radical (unpaired) electrons. The van der Waals surface area contributed by atoms with E-state index in [2.05, 4.69) is 6.07 Å². The Bertz CT molecular complexity index is 716. The fourth-order valence-corrected chi connectivity index (χ4v) is 3.15. The molecule has 3 N–H and O–H groups in total. The number of hydrogen-bond donors (Lipinski definition) is 3. The minimum absolute atomic E-state index is 0.0466. The van der Waals surface area contributed by atoms with Crippen LogP contribution in [0.1, 0.15) is 53.4 Å². The molecule has 0 unspecified atom stereocenters. The number of hydrogen-bond acceptors (Lipinski definition) is 3. The molecule has 5 heteroatoms. The zero-order chi connectivity index (χ0) is 17.1. The van der Waals surface area contributed by atoms with Crippen LogP contribution < -0.4 is 0 Å². The van der Waals surface area contributed by atoms with Crippen molar-refractivity contribution >= 4 is 16.9 Å². The summed E-state index contributed by atoms with van der Waals surface area (Å²) in [5.74, 6) is -0.729. The molecule has 126 valence electrons. The average molecular weight is 319 g/mol. The standard InChI is InChI=1S/C18H25NO4/c1-11(2)13-9-15-14(5-4-7-20)12(3)19(6-8-21)17(15)16(10-13)18(22)23/h9-11,20-21H,4-8H2,1-3H3,(H,22,23). The van der Waals surface area contributed by atoms with Crippen LogP contribution in [0.15, 0.2) is 12.1 Å². The second-order valence-corrected chi connectivity index (χ2v) is 6.19. The first kappa shape index (κ1) is 17.5. The highest BCUT2D eigenvalue weighted by atomic mass is 16.4. The Labute approximate surface area is 136 Å². The topological polar surface area (TPSA) is 82.7 Å². The summed E-state index contributed by atoms with van der Waals surface area (Å²) < 4.78 is 1.88. The van der Waals surface area contributed by atoms with Crippen LogP contribution in [0.5, 0.6) is 0 Å². The van der Waals surface area contributed by atoms with Crippen molar-refractivity contribution in [3.05, 3.63) is 34.5 Å². The van der Waals surface area contributed by atoms with Crippen LogP contribution in [0.2, 0.25) is 0 Å². The zero-order valence-electron chi connectivity index (χ0n) is 14.0. The molecule has 0 atom stereocenters. The Morgan fingerprint density at radius 3 is 2.43 bits per heavy atom. The van der Waals surface area contributed by atoms with Crippen molar-refractivity contribution in [2.75, 3.05) is 13.2 Å². The molecule has 0 amide bonds. The van der Waals surface area contributed by atoms with Crippen LogP contribution in [0.25, 0.3) is 10.9 Å². The second-order valence-electron chi connectivity index (χ2n) is 6.19. The Balaban J connectivity index is 2.83. The molecular formula is C18H25NO4. The number of carboxylic acid groups (broad SMARTS) is 1. The summed E-state index contributed by atoms with van der Waals surface area (Å²) in [7, 11) is 0. The summed E-state index contributed by atoms with van der Waals surface area (Å²) >= 11 is 0. The van der Waals surface area contributed by atoms with Gasteiger partial charge in [-0.1, -0.05) is 13.8 Å². The molecule has 1 aromatic carbocycles. The number of aromatic carboxylic acids is 1. The Hall–Kier alpha value is -1.85. The molecule has 5 nitrogen and oxygen atoms in total. The minimum Gasteiger partial charge on any atom is -0.478 e. The van der Waals surface area contributed by atoms with Crippen molar-refractivity contribution in [3.63, 3.8) is 0 Å². The van der Waals surface area contributed by atoms with E-state index >= 15 is 0 Å². The van der Waals surface area contributed by atoms with Crippen LogP contribution in [0.3, 0.4) is 0 Å². The summed E-state index contributed by atoms with van der Waals surface area (Å²) in [6, 6.07) is 3.79. The van der Waals surface area contributed by atoms with Gasteiger partial charge >= 0.3 is 5.97 Å². The predicted molar refractivity (Wildman–Crippen MR) is 90.2 cm³/mol. The lowest BCUT2D eigenvalue weighted by atomic mass is 9.95. The number of fused-ring (bicyclic) bond motifs is 1. The highest BCUT2D eigenvalue weighted by molar-refractivity contribution is 6.04. The molecule has 2 rings (SSSR count). The lowest BCUT2D eigenvalue weighted by molar-refractivity contribution is 0.0698. The number of benzene rings is 1. The highest BCUT2D eigenvalue weighted by Crippen LogP contribution is 2.33. The Morgan fingerprint density at radius 2 is 1.91 bits per heavy atom. The predicted octanol–water partition coefficient (Wildman–Crippen LogP) is 2.69. The van der Waals surface area contributed by atoms with Crippen molar-refractivity contribution in [2.24, 2.45) is 0 Å². The summed E-state index contributed by atoms with van der Waals surface area (Å²) in [5.41, 5.74) is 3.96. The molecule has 23 heavy (non-hydrogen) atoms. The van der Waals surface area contributed by atoms with Crippen molar-refractivity contribution < 1.29 is 20.1 Å². The van der Waals surface area contributed by atoms with Crippen LogP contribution in [0.4, 0.5) is 0 Å². The van der Waals surface area contributed by atoms with E-state index in [1.165, 1.54) is 0 Å². The lowest BCUT2D eigenvalue weighted by Crippen LogP contribution is -2.08. The third-order valence-corrected chi connectivity index (χ3v) is 4.37. The molecule has 0 aliphatic rings. The fourth-order valence-electron chi connectivity index (χ4n) is 3.15. The Kier molecular flexibility index (Phi) is 5.44. The number of carbonyl (C=O) groups is 1. The zero-order valence-corrected chi connectivity index (χ0v) is 14.0. The Morgan fingerprint density at radius 1 is 1.22 bits per heavy atom. The molecule has 1 heterocycles. The number of nitrogens with zero attached hydrogens (tertiary/aromatic N) is 1. The number of carboxylic acids is 1. The van der Waals surface area contributed by atoms with Crippen molar-refractivity contribution in [1.29, 1.82) is 0 Å². The molecule has 1 aromatic heterocycles. The van der Waals surface area contributed by atoms with Crippen LogP contribution in [0, 0.1) is 6.92 Å². The first-order valence-electron chi connectivity index (χ1n) is 8.03. The van der Waals surface area contributed by atoms with E-state index in [4.69, 9.17) is 5.11 Å². The number of aromatic nitrogens is 1. The van der Waals surface area contributed by atoms with E-state index in [-0.39, 0.29) is 24.7 Å². The largest absolute Gasteiger partial charge is 0.478 e. The lowest BCUT2D eigenvalue weighted by Gasteiger charge is -2.11. The number of aliphatic hydroxyl groups excluding tert-OH is 2. The van der Waals surface area contributed by atoms with Crippen LogP contribution in [-0.2, 0) is 13.0 Å². The molecule has 0 fully saturated rings. The van der Waals surface area contributed by atoms with E-state index in [0.29, 0.717) is 24.9 Å². The van der Waals surface area contributed by atoms with Gasteiger partial charge in [0, 0.05) is 24.2 Å². The SMILES string of the molecule is Cc1c(CCCO)c2cc(C(C)C)cc(C(=O)O)c2n1CCO. The van der Waals surface area contributed by atoms with Gasteiger partial charge in [0.1, 0.15) is 0 Å². The van der Waals surface area contributed by atoms with E-state index in [1.807, 2.05) is 25.3 Å². The van der Waals surface area contributed by atoms with Crippen LogP contribution in [-0.4, -0.2) is 39.1 Å². The van der Waals surface area contributed by atoms with Gasteiger partial charge in [0.2, 0.25) is 0 Å². The van der Waals surface area contributed by atoms with Gasteiger partial charge in [0.25, 0.3) is 0 Å². The molecule has 0 aliphatic carbocycles. The fraction of sp³-hybridized carbons (Fsp3) is 0.500. The van der Waals surface area contributed by atoms with Gasteiger partial charge in [-0.2, -0.15) is 0 Å². The van der Waals surface area contributed by atoms with Crippen LogP contribution >= 0.6 is 0 Å². The molecule has 0 saturated heterocycles. The maximum atomic E-state index is 11.8. The minimum atomic E-state index is -0.956. The van der Waals surface area contributed by atoms with E-state index in [9.17, 15) is 15.0 Å².